The summed E-state index contributed by atoms with van der Waals surface area (Å²) in [5.74, 6) is 0.149. The molecule has 474 valence electrons. The second-order valence-corrected chi connectivity index (χ2v) is 28.9. The number of benzene rings is 4. The molecule has 4 aromatic heterocycles. The molecule has 0 spiro atoms. The van der Waals surface area contributed by atoms with Crippen molar-refractivity contribution in [3.05, 3.63) is 130 Å². The van der Waals surface area contributed by atoms with Gasteiger partial charge in [-0.3, -0.25) is 9.59 Å². The van der Waals surface area contributed by atoms with Gasteiger partial charge in [0.05, 0.1) is 29.2 Å². The molecule has 3 fully saturated rings. The van der Waals surface area contributed by atoms with E-state index in [-0.39, 0.29) is 18.4 Å². The van der Waals surface area contributed by atoms with Crippen molar-refractivity contribution in [1.29, 1.82) is 0 Å². The Morgan fingerprint density at radius 3 is 1.43 bits per heavy atom. The van der Waals surface area contributed by atoms with Crippen LogP contribution < -0.4 is 14.7 Å². The quantitative estimate of drug-likeness (QED) is 0.117. The fourth-order valence-electron chi connectivity index (χ4n) is 12.3. The molecular weight excluding hydrogens is 1280 g/mol. The van der Waals surface area contributed by atoms with Crippen molar-refractivity contribution in [1.82, 2.24) is 38.3 Å². The number of anilines is 3. The number of H-pyrrole nitrogens is 4. The Morgan fingerprint density at radius 1 is 0.545 bits per heavy atom. The number of hydrogen-bond acceptors (Lipinski definition) is 9. The third kappa shape index (κ3) is 14.8. The van der Waals surface area contributed by atoms with Gasteiger partial charge in [0.15, 0.2) is 0 Å². The SMILES string of the molecule is CC(=O)N1CCN(c2cc(Br)cc3[nH]ccc23)CC1.CC(=O)N1CCN(c2cc(C(F)(F)F)cc3[nH]ccc23)CC1(C)C.CC1(C)CN(c2cc(C(F)(F)F)cc3[nH]ccc23)CCN1S(C)(=O)=O.CS(=O)(=O)N1CC=C(c2cc(Cl)cc3[nH]ccc23)CC1. The molecule has 0 unspecified atom stereocenters. The molecule has 88 heavy (non-hydrogen) atoms. The first-order valence-corrected chi connectivity index (χ1v) is 33.3. The van der Waals surface area contributed by atoms with Gasteiger partial charge in [-0.1, -0.05) is 33.6 Å². The summed E-state index contributed by atoms with van der Waals surface area (Å²) in [6.45, 7) is 17.2. The molecule has 0 saturated carbocycles. The number of carbonyl (C=O) groups is 2. The van der Waals surface area contributed by atoms with E-state index in [2.05, 4.69) is 59.0 Å². The zero-order chi connectivity index (χ0) is 64.1. The largest absolute Gasteiger partial charge is 0.416 e. The lowest BCUT2D eigenvalue weighted by molar-refractivity contribution is -0.138. The first-order valence-electron chi connectivity index (χ1n) is 28.4. The molecule has 4 aromatic carbocycles. The summed E-state index contributed by atoms with van der Waals surface area (Å²) in [5.41, 5.74) is 4.94. The number of amides is 2. The maximum absolute atomic E-state index is 13.2. The summed E-state index contributed by atoms with van der Waals surface area (Å²) in [5, 5.41) is 4.49. The minimum absolute atomic E-state index is 0.0181. The second kappa shape index (κ2) is 25.3. The molecule has 8 aromatic rings. The Kier molecular flexibility index (Phi) is 18.9. The molecule has 27 heteroatoms. The Bertz CT molecular complexity index is 4150. The molecule has 4 aliphatic rings. The average molecular weight is 1350 g/mol. The normalized spacial score (nSPS) is 18.0. The van der Waals surface area contributed by atoms with Crippen LogP contribution in [0.15, 0.2) is 108 Å². The lowest BCUT2D eigenvalue weighted by Crippen LogP contribution is -2.60. The van der Waals surface area contributed by atoms with Gasteiger partial charge in [-0.25, -0.2) is 16.8 Å². The highest BCUT2D eigenvalue weighted by molar-refractivity contribution is 9.10. The summed E-state index contributed by atoms with van der Waals surface area (Å²) in [4.78, 5) is 45.0. The van der Waals surface area contributed by atoms with E-state index >= 15 is 0 Å². The summed E-state index contributed by atoms with van der Waals surface area (Å²) >= 11 is 9.71. The number of alkyl halides is 6. The predicted octanol–water partition coefficient (Wildman–Crippen LogP) is 12.1. The van der Waals surface area contributed by atoms with E-state index < -0.39 is 54.6 Å². The monoisotopic (exact) mass is 1350 g/mol. The average Bonchev–Trinajstić information content (AvgIpc) is 1.64. The third-order valence-corrected chi connectivity index (χ3v) is 19.9. The number of rotatable bonds is 6. The van der Waals surface area contributed by atoms with Crippen LogP contribution in [-0.2, 0) is 42.0 Å². The zero-order valence-corrected chi connectivity index (χ0v) is 53.9. The van der Waals surface area contributed by atoms with E-state index in [1.54, 1.807) is 50.2 Å². The van der Waals surface area contributed by atoms with Gasteiger partial charge < -0.3 is 44.4 Å². The number of hydrogen-bond donors (Lipinski definition) is 4. The van der Waals surface area contributed by atoms with E-state index in [0.717, 1.165) is 88.0 Å². The highest BCUT2D eigenvalue weighted by Gasteiger charge is 2.41. The van der Waals surface area contributed by atoms with Crippen molar-refractivity contribution in [3.63, 3.8) is 0 Å². The number of nitrogens with one attached hydrogen (secondary N) is 4. The van der Waals surface area contributed by atoms with Crippen LogP contribution in [0.1, 0.15) is 64.7 Å². The summed E-state index contributed by atoms with van der Waals surface area (Å²) in [6.07, 6.45) is 3.33. The fraction of sp³-hybridized carbons (Fsp3) is 0.410. The van der Waals surface area contributed by atoms with Crippen LogP contribution in [0.5, 0.6) is 0 Å². The topological polar surface area (TPSA) is 188 Å². The van der Waals surface area contributed by atoms with Crippen molar-refractivity contribution >= 4 is 126 Å². The van der Waals surface area contributed by atoms with Crippen LogP contribution in [0, 0.1) is 0 Å². The minimum atomic E-state index is -4.45. The van der Waals surface area contributed by atoms with Crippen LogP contribution in [0.4, 0.5) is 43.4 Å². The van der Waals surface area contributed by atoms with E-state index in [1.807, 2.05) is 65.2 Å². The molecule has 3 saturated heterocycles. The van der Waals surface area contributed by atoms with Crippen LogP contribution in [0.25, 0.3) is 49.2 Å². The van der Waals surface area contributed by atoms with Crippen LogP contribution in [0.2, 0.25) is 5.02 Å². The summed E-state index contributed by atoms with van der Waals surface area (Å²) in [6, 6.07) is 20.3. The lowest BCUT2D eigenvalue weighted by atomic mass is 9.97. The van der Waals surface area contributed by atoms with E-state index in [0.29, 0.717) is 85.1 Å². The van der Waals surface area contributed by atoms with Crippen LogP contribution in [0.3, 0.4) is 0 Å². The van der Waals surface area contributed by atoms with Crippen molar-refractivity contribution in [2.24, 2.45) is 0 Å². The third-order valence-electron chi connectivity index (χ3n) is 16.4. The number of fused-ring (bicyclic) bond motifs is 4. The van der Waals surface area contributed by atoms with Crippen molar-refractivity contribution in [3.8, 4) is 0 Å². The highest BCUT2D eigenvalue weighted by atomic mass is 79.9. The predicted molar refractivity (Wildman–Crippen MR) is 341 cm³/mol. The molecule has 17 nitrogen and oxygen atoms in total. The maximum atomic E-state index is 13.2. The van der Waals surface area contributed by atoms with Gasteiger partial charge in [0, 0.05) is 193 Å². The maximum Gasteiger partial charge on any atom is 0.416 e. The van der Waals surface area contributed by atoms with Crippen molar-refractivity contribution in [2.45, 2.75) is 71.4 Å². The Hall–Kier alpha value is -6.71. The first kappa shape index (κ1) is 65.7. The lowest BCUT2D eigenvalue weighted by Gasteiger charge is -2.47. The van der Waals surface area contributed by atoms with E-state index in [1.165, 1.54) is 38.9 Å². The molecule has 2 amide bonds. The number of piperazine rings is 3. The molecular formula is C61H71BrClF6N11O6S2. The second-order valence-electron chi connectivity index (χ2n) is 23.7. The van der Waals surface area contributed by atoms with Crippen molar-refractivity contribution in [2.75, 3.05) is 106 Å². The minimum Gasteiger partial charge on any atom is -0.368 e. The van der Waals surface area contributed by atoms with Gasteiger partial charge >= 0.3 is 12.4 Å². The molecule has 0 atom stereocenters. The van der Waals surface area contributed by atoms with Crippen LogP contribution in [-0.4, -0.2) is 169 Å². The Labute approximate surface area is 520 Å². The van der Waals surface area contributed by atoms with Gasteiger partial charge in [-0.05, 0) is 118 Å². The molecule has 12 rings (SSSR count). The van der Waals surface area contributed by atoms with Gasteiger partial charge in [-0.2, -0.15) is 35.0 Å². The number of sulfonamides is 2. The highest BCUT2D eigenvalue weighted by Crippen LogP contribution is 2.41. The Morgan fingerprint density at radius 2 is 1.00 bits per heavy atom. The molecule has 4 aliphatic heterocycles. The van der Waals surface area contributed by atoms with Gasteiger partial charge in [0.25, 0.3) is 0 Å². The molecule has 0 bridgehead atoms. The number of halogens is 8. The summed E-state index contributed by atoms with van der Waals surface area (Å²) < 4.78 is 130. The standard InChI is InChI=1S/C17H20F3N3O.C16H20F3N3O2S.C14H16BrN3O.C14H15ClN2O2S/c1-11(24)23-7-6-22(10-16(23,2)3)15-9-12(17(18,19)20)8-14-13(15)4-5-21-14;1-15(2)10-21(6-7-22(15)25(3,23)24)14-9-11(16(17,18)19)8-13-12(14)4-5-20-13;1-10(19)17-4-6-18(7-5-17)14-9-11(15)8-13-12(14)2-3-16-13;1-20(18,19)17-6-3-10(4-7-17)13-8-11(15)9-14-12(13)2-5-16-14/h4-5,8-9,21H,6-7,10H2,1-3H3;4-5,8-9,20H,6-7,10H2,1-3H3;2-3,8-9,16H,4-7H2,1H3;2-3,5,8-9,16H,4,6-7H2,1H3. The molecule has 0 aliphatic carbocycles. The molecule has 0 radical (unpaired) electrons. The number of carbonyl (C=O) groups excluding carboxylic acids is 2. The molecule has 8 heterocycles. The van der Waals surface area contributed by atoms with Gasteiger partial charge in [0.2, 0.25) is 31.9 Å². The van der Waals surface area contributed by atoms with Crippen molar-refractivity contribution < 1.29 is 52.8 Å². The zero-order valence-electron chi connectivity index (χ0n) is 49.9. The van der Waals surface area contributed by atoms with Gasteiger partial charge in [0.1, 0.15) is 0 Å². The number of aromatic amines is 4. The van der Waals surface area contributed by atoms with E-state index in [9.17, 15) is 52.8 Å². The van der Waals surface area contributed by atoms with Crippen LogP contribution >= 0.6 is 27.5 Å². The smallest absolute Gasteiger partial charge is 0.368 e. The number of nitrogens with zero attached hydrogens (tertiary/aromatic N) is 7. The Balaban J connectivity index is 0.000000140. The molecule has 4 N–H and O–H groups in total. The number of aromatic nitrogens is 4. The first-order chi connectivity index (χ1) is 41.1. The fourth-order valence-corrected chi connectivity index (χ4v) is 15.1. The summed E-state index contributed by atoms with van der Waals surface area (Å²) in [7, 11) is -6.50. The van der Waals surface area contributed by atoms with E-state index in [4.69, 9.17) is 11.6 Å². The van der Waals surface area contributed by atoms with Gasteiger partial charge in [-0.15, -0.1) is 0 Å².